The van der Waals surface area contributed by atoms with Crippen LogP contribution in [0.3, 0.4) is 0 Å². The Kier molecular flexibility index (Phi) is 5.43. The molecule has 0 bridgehead atoms. The van der Waals surface area contributed by atoms with E-state index in [9.17, 15) is 5.11 Å². The summed E-state index contributed by atoms with van der Waals surface area (Å²) in [6.07, 6.45) is 1.71. The smallest absolute Gasteiger partial charge is 0.187 e. The molecule has 1 heterocycles. The largest absolute Gasteiger partial charge is 0.508 e. The van der Waals surface area contributed by atoms with Crippen molar-refractivity contribution in [1.29, 1.82) is 0 Å². The van der Waals surface area contributed by atoms with Gasteiger partial charge in [0.1, 0.15) is 17.9 Å². The minimum Gasteiger partial charge on any atom is -0.508 e. The van der Waals surface area contributed by atoms with E-state index in [1.807, 2.05) is 37.3 Å². The summed E-state index contributed by atoms with van der Waals surface area (Å²) >= 11 is 0. The van der Waals surface area contributed by atoms with E-state index in [1.54, 1.807) is 26.5 Å². The van der Waals surface area contributed by atoms with E-state index in [0.717, 1.165) is 22.3 Å². The van der Waals surface area contributed by atoms with Gasteiger partial charge in [-0.15, -0.1) is 0 Å². The molecule has 0 aliphatic rings. The third kappa shape index (κ3) is 3.65. The van der Waals surface area contributed by atoms with Gasteiger partial charge in [0, 0.05) is 36.1 Å². The van der Waals surface area contributed by atoms with Gasteiger partial charge in [-0.25, -0.2) is 0 Å². The van der Waals surface area contributed by atoms with Crippen LogP contribution in [0.25, 0.3) is 10.9 Å². The minimum absolute atomic E-state index is 0.250. The maximum atomic E-state index is 9.91. The molecule has 3 rings (SSSR count). The van der Waals surface area contributed by atoms with E-state index in [4.69, 9.17) is 14.2 Å². The molecule has 26 heavy (non-hydrogen) atoms. The van der Waals surface area contributed by atoms with Crippen LogP contribution in [0.5, 0.6) is 17.2 Å². The van der Waals surface area contributed by atoms with Gasteiger partial charge in [-0.1, -0.05) is 6.07 Å². The van der Waals surface area contributed by atoms with E-state index in [0.29, 0.717) is 30.2 Å². The molecule has 6 heteroatoms. The van der Waals surface area contributed by atoms with Crippen LogP contribution in [0.1, 0.15) is 5.56 Å². The number of aromatic hydroxyl groups is 1. The van der Waals surface area contributed by atoms with Crippen molar-refractivity contribution in [2.75, 3.05) is 32.8 Å². The molecule has 0 amide bonds. The highest BCUT2D eigenvalue weighted by Crippen LogP contribution is 2.38. The minimum atomic E-state index is 0.250. The van der Waals surface area contributed by atoms with Crippen molar-refractivity contribution in [3.8, 4) is 17.2 Å². The van der Waals surface area contributed by atoms with Crippen LogP contribution in [-0.2, 0) is 4.74 Å². The summed E-state index contributed by atoms with van der Waals surface area (Å²) in [5, 5.41) is 14.1. The first kappa shape index (κ1) is 17.8. The number of pyridine rings is 1. The fourth-order valence-corrected chi connectivity index (χ4v) is 2.67. The zero-order valence-electron chi connectivity index (χ0n) is 15.1. The molecule has 0 saturated carbocycles. The summed E-state index contributed by atoms with van der Waals surface area (Å²) in [4.78, 5) is 4.45. The second kappa shape index (κ2) is 7.93. The summed E-state index contributed by atoms with van der Waals surface area (Å²) in [6.45, 7) is 2.78. The van der Waals surface area contributed by atoms with Crippen LogP contribution in [0, 0.1) is 6.92 Å². The van der Waals surface area contributed by atoms with Crippen molar-refractivity contribution in [2.45, 2.75) is 6.92 Å². The van der Waals surface area contributed by atoms with Gasteiger partial charge >= 0.3 is 0 Å². The number of benzene rings is 2. The molecule has 0 fully saturated rings. The first-order valence-corrected chi connectivity index (χ1v) is 8.28. The Hall–Kier alpha value is -2.99. The molecule has 1 aromatic heterocycles. The van der Waals surface area contributed by atoms with E-state index >= 15 is 0 Å². The number of rotatable bonds is 7. The lowest BCUT2D eigenvalue weighted by atomic mass is 10.1. The van der Waals surface area contributed by atoms with Gasteiger partial charge in [-0.3, -0.25) is 4.98 Å². The Bertz CT molecular complexity index is 912. The van der Waals surface area contributed by atoms with Gasteiger partial charge < -0.3 is 24.6 Å². The van der Waals surface area contributed by atoms with Gasteiger partial charge in [0.2, 0.25) is 0 Å². The molecule has 6 nitrogen and oxygen atoms in total. The summed E-state index contributed by atoms with van der Waals surface area (Å²) in [7, 11) is 3.22. The van der Waals surface area contributed by atoms with Crippen LogP contribution in [0.4, 0.5) is 11.4 Å². The molecule has 0 spiro atoms. The predicted molar refractivity (Wildman–Crippen MR) is 102 cm³/mol. The van der Waals surface area contributed by atoms with Crippen LogP contribution in [-0.4, -0.2) is 37.5 Å². The van der Waals surface area contributed by atoms with Crippen molar-refractivity contribution in [3.05, 3.63) is 48.2 Å². The maximum Gasteiger partial charge on any atom is 0.187 e. The van der Waals surface area contributed by atoms with Crippen molar-refractivity contribution < 1.29 is 19.3 Å². The van der Waals surface area contributed by atoms with E-state index in [1.165, 1.54) is 0 Å². The standard InChI is InChI=1S/C20H22N2O4/c1-13-4-5-14(12-17(13)23)22-16-8-9-21-19-15(16)6-7-18(20(19)25-3)26-11-10-24-2/h4-9,12,23H,10-11H2,1-3H3,(H,21,22). The Labute approximate surface area is 152 Å². The van der Waals surface area contributed by atoms with Gasteiger partial charge in [0.15, 0.2) is 11.5 Å². The normalized spacial score (nSPS) is 10.7. The topological polar surface area (TPSA) is 72.8 Å². The number of nitrogens with one attached hydrogen (secondary N) is 1. The Morgan fingerprint density at radius 1 is 1.08 bits per heavy atom. The zero-order valence-corrected chi connectivity index (χ0v) is 15.1. The number of aromatic nitrogens is 1. The molecule has 2 aromatic carbocycles. The van der Waals surface area contributed by atoms with Crippen LogP contribution in [0.2, 0.25) is 0 Å². The molecule has 0 unspecified atom stereocenters. The number of fused-ring (bicyclic) bond motifs is 1. The van der Waals surface area contributed by atoms with Crippen molar-refractivity contribution in [3.63, 3.8) is 0 Å². The van der Waals surface area contributed by atoms with Crippen LogP contribution >= 0.6 is 0 Å². The molecule has 0 radical (unpaired) electrons. The first-order valence-electron chi connectivity index (χ1n) is 8.28. The highest BCUT2D eigenvalue weighted by molar-refractivity contribution is 5.97. The maximum absolute atomic E-state index is 9.91. The Morgan fingerprint density at radius 2 is 1.92 bits per heavy atom. The SMILES string of the molecule is COCCOc1ccc2c(Nc3ccc(C)c(O)c3)ccnc2c1OC. The summed E-state index contributed by atoms with van der Waals surface area (Å²) < 4.78 is 16.3. The molecule has 0 saturated heterocycles. The molecule has 136 valence electrons. The highest BCUT2D eigenvalue weighted by Gasteiger charge is 2.13. The average molecular weight is 354 g/mol. The monoisotopic (exact) mass is 354 g/mol. The summed E-state index contributed by atoms with van der Waals surface area (Å²) in [6, 6.07) is 11.1. The molecule has 0 aliphatic carbocycles. The van der Waals surface area contributed by atoms with Gasteiger partial charge in [-0.2, -0.15) is 0 Å². The number of phenolic OH excluding ortho intramolecular Hbond substituents is 1. The van der Waals surface area contributed by atoms with E-state index in [2.05, 4.69) is 10.3 Å². The zero-order chi connectivity index (χ0) is 18.5. The summed E-state index contributed by atoms with van der Waals surface area (Å²) in [5.74, 6) is 1.45. The third-order valence-electron chi connectivity index (χ3n) is 4.07. The number of hydrogen-bond donors (Lipinski definition) is 2. The number of ether oxygens (including phenoxy) is 3. The van der Waals surface area contributed by atoms with Crippen molar-refractivity contribution in [1.82, 2.24) is 4.98 Å². The predicted octanol–water partition coefficient (Wildman–Crippen LogP) is 4.03. The second-order valence-corrected chi connectivity index (χ2v) is 5.82. The number of phenols is 1. The van der Waals surface area contributed by atoms with Gasteiger partial charge in [0.25, 0.3) is 0 Å². The Morgan fingerprint density at radius 3 is 2.65 bits per heavy atom. The average Bonchev–Trinajstić information content (AvgIpc) is 2.65. The molecular formula is C20H22N2O4. The quantitative estimate of drug-likeness (QED) is 0.624. The van der Waals surface area contributed by atoms with Crippen molar-refractivity contribution >= 4 is 22.3 Å². The Balaban J connectivity index is 1.98. The van der Waals surface area contributed by atoms with E-state index < -0.39 is 0 Å². The highest BCUT2D eigenvalue weighted by atomic mass is 16.5. The van der Waals surface area contributed by atoms with Gasteiger partial charge in [-0.05, 0) is 36.8 Å². The lowest BCUT2D eigenvalue weighted by Crippen LogP contribution is -2.05. The van der Waals surface area contributed by atoms with Crippen LogP contribution < -0.4 is 14.8 Å². The lowest BCUT2D eigenvalue weighted by Gasteiger charge is -2.15. The molecule has 3 aromatic rings. The first-order chi connectivity index (χ1) is 12.6. The number of nitrogens with zero attached hydrogens (tertiary/aromatic N) is 1. The lowest BCUT2D eigenvalue weighted by molar-refractivity contribution is 0.144. The molecular weight excluding hydrogens is 332 g/mol. The van der Waals surface area contributed by atoms with Crippen LogP contribution in [0.15, 0.2) is 42.6 Å². The second-order valence-electron chi connectivity index (χ2n) is 5.82. The van der Waals surface area contributed by atoms with E-state index in [-0.39, 0.29) is 5.75 Å². The number of anilines is 2. The number of hydrogen-bond acceptors (Lipinski definition) is 6. The third-order valence-corrected chi connectivity index (χ3v) is 4.07. The van der Waals surface area contributed by atoms with Crippen molar-refractivity contribution in [2.24, 2.45) is 0 Å². The van der Waals surface area contributed by atoms with Gasteiger partial charge in [0.05, 0.1) is 13.7 Å². The number of methoxy groups -OCH3 is 2. The fourth-order valence-electron chi connectivity index (χ4n) is 2.67. The molecule has 0 aliphatic heterocycles. The molecule has 2 N–H and O–H groups in total. The fraction of sp³-hybridized carbons (Fsp3) is 0.250. The summed E-state index contributed by atoms with van der Waals surface area (Å²) in [5.41, 5.74) is 3.18. The molecule has 0 atom stereocenters. The number of aryl methyl sites for hydroxylation is 1.